The molecule has 4 rings (SSSR count). The molecule has 4 nitrogen and oxygen atoms in total. The molecule has 0 spiro atoms. The minimum Gasteiger partial charge on any atom is -0.345 e. The first-order chi connectivity index (χ1) is 14.0. The fourth-order valence-corrected chi connectivity index (χ4v) is 3.70. The Morgan fingerprint density at radius 3 is 2.45 bits per heavy atom. The van der Waals surface area contributed by atoms with Crippen LogP contribution in [-0.4, -0.2) is 15.5 Å². The van der Waals surface area contributed by atoms with E-state index in [4.69, 9.17) is 39.8 Å². The van der Waals surface area contributed by atoms with Crippen molar-refractivity contribution in [2.45, 2.75) is 13.1 Å². The lowest BCUT2D eigenvalue weighted by molar-refractivity contribution is 0.0949. The Morgan fingerprint density at radius 2 is 1.66 bits per heavy atom. The molecule has 0 aliphatic rings. The third-order valence-corrected chi connectivity index (χ3v) is 5.65. The first-order valence-electron chi connectivity index (χ1n) is 8.94. The molecule has 0 aliphatic carbocycles. The molecule has 0 saturated heterocycles. The Hall–Kier alpha value is -2.53. The molecule has 1 N–H and O–H groups in total. The zero-order valence-electron chi connectivity index (χ0n) is 15.2. The van der Waals surface area contributed by atoms with Gasteiger partial charge in [0, 0.05) is 6.54 Å². The van der Waals surface area contributed by atoms with Crippen LogP contribution >= 0.6 is 34.8 Å². The van der Waals surface area contributed by atoms with Gasteiger partial charge in [-0.1, -0.05) is 65.1 Å². The summed E-state index contributed by atoms with van der Waals surface area (Å²) in [6.07, 6.45) is 0. The fourth-order valence-electron chi connectivity index (χ4n) is 3.16. The molecule has 3 aromatic carbocycles. The summed E-state index contributed by atoms with van der Waals surface area (Å²) in [5.41, 5.74) is 3.25. The van der Waals surface area contributed by atoms with Gasteiger partial charge in [-0.25, -0.2) is 4.98 Å². The average molecular weight is 445 g/mol. The van der Waals surface area contributed by atoms with Crippen molar-refractivity contribution in [2.24, 2.45) is 0 Å². The molecule has 0 atom stereocenters. The van der Waals surface area contributed by atoms with Crippen LogP contribution in [0, 0.1) is 0 Å². The number of carbonyl (C=O) groups excluding carboxylic acids is 1. The highest BCUT2D eigenvalue weighted by Crippen LogP contribution is 2.25. The topological polar surface area (TPSA) is 46.9 Å². The van der Waals surface area contributed by atoms with Gasteiger partial charge in [-0.15, -0.1) is 0 Å². The van der Waals surface area contributed by atoms with Gasteiger partial charge in [0.1, 0.15) is 5.82 Å². The second-order valence-electron chi connectivity index (χ2n) is 6.51. The van der Waals surface area contributed by atoms with E-state index in [0.717, 1.165) is 22.4 Å². The summed E-state index contributed by atoms with van der Waals surface area (Å²) in [7, 11) is 0. The largest absolute Gasteiger partial charge is 0.345 e. The van der Waals surface area contributed by atoms with Gasteiger partial charge in [0.05, 0.1) is 38.2 Å². The monoisotopic (exact) mass is 443 g/mol. The summed E-state index contributed by atoms with van der Waals surface area (Å²) in [5, 5.41) is 4.34. The van der Waals surface area contributed by atoms with Gasteiger partial charge in [0.2, 0.25) is 0 Å². The van der Waals surface area contributed by atoms with Crippen molar-refractivity contribution in [1.82, 2.24) is 14.9 Å². The summed E-state index contributed by atoms with van der Waals surface area (Å²) < 4.78 is 2.06. The normalized spacial score (nSPS) is 11.0. The van der Waals surface area contributed by atoms with Crippen LogP contribution in [0.1, 0.15) is 21.7 Å². The van der Waals surface area contributed by atoms with Gasteiger partial charge in [0.25, 0.3) is 5.91 Å². The van der Waals surface area contributed by atoms with Gasteiger partial charge in [-0.3, -0.25) is 4.79 Å². The van der Waals surface area contributed by atoms with E-state index in [2.05, 4.69) is 9.88 Å². The van der Waals surface area contributed by atoms with Gasteiger partial charge >= 0.3 is 0 Å². The van der Waals surface area contributed by atoms with Crippen molar-refractivity contribution in [3.8, 4) is 0 Å². The van der Waals surface area contributed by atoms with Crippen molar-refractivity contribution in [3.63, 3.8) is 0 Å². The van der Waals surface area contributed by atoms with E-state index in [1.807, 2.05) is 36.4 Å². The van der Waals surface area contributed by atoms with Crippen molar-refractivity contribution < 1.29 is 4.79 Å². The number of nitrogens with zero attached hydrogens (tertiary/aromatic N) is 2. The second-order valence-corrected chi connectivity index (χ2v) is 7.74. The number of halogens is 3. The molecular formula is C22H16Cl3N3O. The second kappa shape index (κ2) is 8.46. The molecule has 29 heavy (non-hydrogen) atoms. The maximum Gasteiger partial charge on any atom is 0.253 e. The van der Waals surface area contributed by atoms with Crippen LogP contribution in [0.25, 0.3) is 11.0 Å². The molecule has 0 bridgehead atoms. The molecule has 0 saturated carbocycles. The molecule has 146 valence electrons. The van der Waals surface area contributed by atoms with Crippen LogP contribution in [0.15, 0.2) is 66.7 Å². The summed E-state index contributed by atoms with van der Waals surface area (Å²) >= 11 is 18.3. The molecule has 1 heterocycles. The van der Waals surface area contributed by atoms with Gasteiger partial charge < -0.3 is 9.88 Å². The minimum absolute atomic E-state index is 0.247. The van der Waals surface area contributed by atoms with E-state index in [9.17, 15) is 4.79 Å². The lowest BCUT2D eigenvalue weighted by atomic mass is 10.2. The summed E-state index contributed by atoms with van der Waals surface area (Å²) in [5.74, 6) is 0.487. The first-order valence-corrected chi connectivity index (χ1v) is 10.1. The number of hydrogen-bond donors (Lipinski definition) is 1. The molecular weight excluding hydrogens is 429 g/mol. The molecule has 1 aromatic heterocycles. The van der Waals surface area contributed by atoms with Crippen LogP contribution in [-0.2, 0) is 13.1 Å². The van der Waals surface area contributed by atoms with E-state index >= 15 is 0 Å². The number of carbonyl (C=O) groups is 1. The zero-order valence-corrected chi connectivity index (χ0v) is 17.5. The highest BCUT2D eigenvalue weighted by molar-refractivity contribution is 6.42. The van der Waals surface area contributed by atoms with E-state index in [0.29, 0.717) is 27.2 Å². The quantitative estimate of drug-likeness (QED) is 0.412. The number of amides is 1. The number of hydrogen-bond acceptors (Lipinski definition) is 2. The number of rotatable bonds is 5. The van der Waals surface area contributed by atoms with Crippen LogP contribution in [0.2, 0.25) is 15.1 Å². The molecule has 7 heteroatoms. The third-order valence-electron chi connectivity index (χ3n) is 4.58. The van der Waals surface area contributed by atoms with Crippen molar-refractivity contribution in [1.29, 1.82) is 0 Å². The highest BCUT2D eigenvalue weighted by atomic mass is 35.5. The summed E-state index contributed by atoms with van der Waals surface area (Å²) in [6, 6.07) is 20.3. The number of imidazole rings is 1. The minimum atomic E-state index is -0.247. The first kappa shape index (κ1) is 19.8. The van der Waals surface area contributed by atoms with E-state index < -0.39 is 0 Å². The summed E-state index contributed by atoms with van der Waals surface area (Å²) in [6.45, 7) is 0.814. The van der Waals surface area contributed by atoms with Crippen LogP contribution in [0.4, 0.5) is 0 Å². The van der Waals surface area contributed by atoms with Crippen LogP contribution < -0.4 is 5.32 Å². The standard InChI is InChI=1S/C22H16Cl3N3O/c23-16-6-2-1-5-15(16)22(29)26-12-21-27-19-7-3-4-8-20(19)28(21)13-14-9-10-17(24)18(25)11-14/h1-11H,12-13H2,(H,26,29). The van der Waals surface area contributed by atoms with E-state index in [1.54, 1.807) is 30.3 Å². The van der Waals surface area contributed by atoms with E-state index in [1.165, 1.54) is 0 Å². The third kappa shape index (κ3) is 4.25. The molecule has 4 aromatic rings. The molecule has 0 unspecified atom stereocenters. The zero-order chi connectivity index (χ0) is 20.4. The van der Waals surface area contributed by atoms with E-state index in [-0.39, 0.29) is 12.5 Å². The summed E-state index contributed by atoms with van der Waals surface area (Å²) in [4.78, 5) is 17.2. The Morgan fingerprint density at radius 1 is 0.897 bits per heavy atom. The number of aromatic nitrogens is 2. The predicted octanol–water partition coefficient (Wildman–Crippen LogP) is 5.97. The SMILES string of the molecule is O=C(NCc1nc2ccccc2n1Cc1ccc(Cl)c(Cl)c1)c1ccccc1Cl. The lowest BCUT2D eigenvalue weighted by Crippen LogP contribution is -2.25. The van der Waals surface area contributed by atoms with Crippen LogP contribution in [0.5, 0.6) is 0 Å². The Balaban J connectivity index is 1.63. The molecule has 0 radical (unpaired) electrons. The highest BCUT2D eigenvalue weighted by Gasteiger charge is 2.14. The lowest BCUT2D eigenvalue weighted by Gasteiger charge is -2.11. The molecule has 0 aliphatic heterocycles. The molecule has 0 fully saturated rings. The number of nitrogens with one attached hydrogen (secondary N) is 1. The Kier molecular flexibility index (Phi) is 5.76. The maximum atomic E-state index is 12.5. The number of para-hydroxylation sites is 2. The number of fused-ring (bicyclic) bond motifs is 1. The number of benzene rings is 3. The van der Waals surface area contributed by atoms with Gasteiger partial charge in [0.15, 0.2) is 0 Å². The maximum absolute atomic E-state index is 12.5. The van der Waals surface area contributed by atoms with Crippen molar-refractivity contribution >= 4 is 51.7 Å². The predicted molar refractivity (Wildman–Crippen MR) is 118 cm³/mol. The Labute approximate surface area is 183 Å². The fraction of sp³-hybridized carbons (Fsp3) is 0.0909. The van der Waals surface area contributed by atoms with Crippen molar-refractivity contribution in [2.75, 3.05) is 0 Å². The van der Waals surface area contributed by atoms with Crippen LogP contribution in [0.3, 0.4) is 0 Å². The van der Waals surface area contributed by atoms with Crippen molar-refractivity contribution in [3.05, 3.63) is 98.7 Å². The average Bonchev–Trinajstić information content (AvgIpc) is 3.07. The smallest absolute Gasteiger partial charge is 0.253 e. The Bertz CT molecular complexity index is 1200. The molecule has 1 amide bonds. The van der Waals surface area contributed by atoms with Gasteiger partial charge in [-0.05, 0) is 42.0 Å². The van der Waals surface area contributed by atoms with Gasteiger partial charge in [-0.2, -0.15) is 0 Å².